The van der Waals surface area contributed by atoms with Crippen molar-refractivity contribution in [1.29, 1.82) is 0 Å². The average Bonchev–Trinajstić information content (AvgIpc) is 3.33. The maximum atomic E-state index is 11.9. The minimum Gasteiger partial charge on any atom is -0.350 e. The molecule has 3 rings (SSSR count). The lowest BCUT2D eigenvalue weighted by molar-refractivity contribution is -0.120. The van der Waals surface area contributed by atoms with Crippen LogP contribution in [0.2, 0.25) is 0 Å². The van der Waals surface area contributed by atoms with Gasteiger partial charge < -0.3 is 5.32 Å². The van der Waals surface area contributed by atoms with Crippen LogP contribution in [0, 0.1) is 0 Å². The summed E-state index contributed by atoms with van der Waals surface area (Å²) in [4.78, 5) is 20.4. The van der Waals surface area contributed by atoms with Crippen LogP contribution in [0.15, 0.2) is 41.1 Å². The van der Waals surface area contributed by atoms with Crippen LogP contribution in [0.5, 0.6) is 0 Å². The Bertz CT molecular complexity index is 638. The first-order valence-corrected chi connectivity index (χ1v) is 7.82. The molecule has 1 heterocycles. The van der Waals surface area contributed by atoms with Gasteiger partial charge in [0.15, 0.2) is 0 Å². The average molecular weight is 346 g/mol. The molecule has 1 fully saturated rings. The number of halogens is 1. The highest BCUT2D eigenvalue weighted by molar-refractivity contribution is 9.10. The SMILES string of the molecule is O=C(Cc1ccc(Br)cc1)NCc1cc(C2CC2)ncn1. The maximum absolute atomic E-state index is 11.9. The van der Waals surface area contributed by atoms with Crippen LogP contribution in [-0.4, -0.2) is 15.9 Å². The molecule has 2 aromatic rings. The largest absolute Gasteiger partial charge is 0.350 e. The number of hydrogen-bond acceptors (Lipinski definition) is 3. The van der Waals surface area contributed by atoms with Crippen LogP contribution in [0.3, 0.4) is 0 Å². The Hall–Kier alpha value is -1.75. The normalized spacial score (nSPS) is 14.0. The Labute approximate surface area is 132 Å². The van der Waals surface area contributed by atoms with Gasteiger partial charge in [-0.15, -0.1) is 0 Å². The summed E-state index contributed by atoms with van der Waals surface area (Å²) in [7, 11) is 0. The summed E-state index contributed by atoms with van der Waals surface area (Å²) in [6.07, 6.45) is 4.40. The predicted molar refractivity (Wildman–Crippen MR) is 83.7 cm³/mol. The summed E-state index contributed by atoms with van der Waals surface area (Å²) in [6, 6.07) is 9.76. The second-order valence-corrected chi connectivity index (χ2v) is 6.20. The van der Waals surface area contributed by atoms with Crippen LogP contribution < -0.4 is 5.32 Å². The number of benzene rings is 1. The number of amides is 1. The van der Waals surface area contributed by atoms with E-state index >= 15 is 0 Å². The van der Waals surface area contributed by atoms with Crippen molar-refractivity contribution in [2.24, 2.45) is 0 Å². The van der Waals surface area contributed by atoms with Crippen molar-refractivity contribution in [2.45, 2.75) is 31.7 Å². The van der Waals surface area contributed by atoms with E-state index in [0.717, 1.165) is 21.4 Å². The number of hydrogen-bond donors (Lipinski definition) is 1. The summed E-state index contributed by atoms with van der Waals surface area (Å²) in [5.74, 6) is 0.606. The van der Waals surface area contributed by atoms with Crippen molar-refractivity contribution >= 4 is 21.8 Å². The highest BCUT2D eigenvalue weighted by Crippen LogP contribution is 2.38. The number of rotatable bonds is 5. The van der Waals surface area contributed by atoms with Gasteiger partial charge in [-0.25, -0.2) is 9.97 Å². The second kappa shape index (κ2) is 6.35. The third-order valence-corrected chi connectivity index (χ3v) is 4.01. The van der Waals surface area contributed by atoms with Gasteiger partial charge in [0.2, 0.25) is 5.91 Å². The minimum absolute atomic E-state index is 0.00362. The van der Waals surface area contributed by atoms with Gasteiger partial charge in [-0.3, -0.25) is 4.79 Å². The first-order chi connectivity index (χ1) is 10.2. The number of carbonyl (C=O) groups excluding carboxylic acids is 1. The molecule has 108 valence electrons. The Morgan fingerprint density at radius 1 is 1.24 bits per heavy atom. The molecule has 1 N–H and O–H groups in total. The molecular weight excluding hydrogens is 330 g/mol. The maximum Gasteiger partial charge on any atom is 0.224 e. The van der Waals surface area contributed by atoms with Crippen molar-refractivity contribution in [1.82, 2.24) is 15.3 Å². The number of aromatic nitrogens is 2. The minimum atomic E-state index is 0.00362. The third-order valence-electron chi connectivity index (χ3n) is 3.49. The molecule has 1 aliphatic carbocycles. The van der Waals surface area contributed by atoms with Crippen molar-refractivity contribution < 1.29 is 4.79 Å². The molecule has 0 radical (unpaired) electrons. The van der Waals surface area contributed by atoms with Crippen LogP contribution >= 0.6 is 15.9 Å². The van der Waals surface area contributed by atoms with Crippen molar-refractivity contribution in [3.63, 3.8) is 0 Å². The van der Waals surface area contributed by atoms with E-state index in [0.29, 0.717) is 18.9 Å². The highest BCUT2D eigenvalue weighted by Gasteiger charge is 2.25. The molecule has 1 saturated carbocycles. The Morgan fingerprint density at radius 2 is 2.00 bits per heavy atom. The summed E-state index contributed by atoms with van der Waals surface area (Å²) < 4.78 is 1.01. The van der Waals surface area contributed by atoms with E-state index in [9.17, 15) is 4.79 Å². The quantitative estimate of drug-likeness (QED) is 0.906. The lowest BCUT2D eigenvalue weighted by atomic mass is 10.1. The summed E-state index contributed by atoms with van der Waals surface area (Å²) in [5, 5.41) is 2.91. The third kappa shape index (κ3) is 4.11. The lowest BCUT2D eigenvalue weighted by Gasteiger charge is -2.06. The predicted octanol–water partition coefficient (Wildman–Crippen LogP) is 2.98. The summed E-state index contributed by atoms with van der Waals surface area (Å²) >= 11 is 3.38. The zero-order valence-corrected chi connectivity index (χ0v) is 13.1. The molecule has 1 amide bonds. The molecule has 4 nitrogen and oxygen atoms in total. The smallest absolute Gasteiger partial charge is 0.224 e. The fraction of sp³-hybridized carbons (Fsp3) is 0.312. The van der Waals surface area contributed by atoms with Gasteiger partial charge in [0.1, 0.15) is 6.33 Å². The zero-order valence-electron chi connectivity index (χ0n) is 11.6. The van der Waals surface area contributed by atoms with Crippen molar-refractivity contribution in [3.05, 3.63) is 58.1 Å². The van der Waals surface area contributed by atoms with E-state index in [-0.39, 0.29) is 5.91 Å². The van der Waals surface area contributed by atoms with Crippen LogP contribution in [0.4, 0.5) is 0 Å². The highest BCUT2D eigenvalue weighted by atomic mass is 79.9. The first-order valence-electron chi connectivity index (χ1n) is 7.02. The monoisotopic (exact) mass is 345 g/mol. The summed E-state index contributed by atoms with van der Waals surface area (Å²) in [6.45, 7) is 0.456. The Kier molecular flexibility index (Phi) is 4.29. The number of nitrogens with zero attached hydrogens (tertiary/aromatic N) is 2. The first kappa shape index (κ1) is 14.2. The van der Waals surface area contributed by atoms with Gasteiger partial charge in [-0.05, 0) is 36.6 Å². The molecular formula is C16H16BrN3O. The van der Waals surface area contributed by atoms with Crippen molar-refractivity contribution in [2.75, 3.05) is 0 Å². The number of carbonyl (C=O) groups is 1. The second-order valence-electron chi connectivity index (χ2n) is 5.29. The van der Waals surface area contributed by atoms with E-state index in [2.05, 4.69) is 31.2 Å². The molecule has 0 bridgehead atoms. The van der Waals surface area contributed by atoms with E-state index in [1.807, 2.05) is 30.3 Å². The molecule has 1 aromatic carbocycles. The fourth-order valence-electron chi connectivity index (χ4n) is 2.15. The van der Waals surface area contributed by atoms with Crippen LogP contribution in [0.25, 0.3) is 0 Å². The van der Waals surface area contributed by atoms with E-state index in [1.54, 1.807) is 6.33 Å². The number of nitrogens with one attached hydrogen (secondary N) is 1. The van der Waals surface area contributed by atoms with E-state index < -0.39 is 0 Å². The molecule has 0 aliphatic heterocycles. The topological polar surface area (TPSA) is 54.9 Å². The fourth-order valence-corrected chi connectivity index (χ4v) is 2.42. The Morgan fingerprint density at radius 3 is 2.71 bits per heavy atom. The van der Waals surface area contributed by atoms with Gasteiger partial charge in [0.05, 0.1) is 18.7 Å². The molecule has 0 atom stereocenters. The van der Waals surface area contributed by atoms with Gasteiger partial charge >= 0.3 is 0 Å². The van der Waals surface area contributed by atoms with Gasteiger partial charge in [-0.1, -0.05) is 28.1 Å². The van der Waals surface area contributed by atoms with Crippen LogP contribution in [0.1, 0.15) is 35.7 Å². The summed E-state index contributed by atoms with van der Waals surface area (Å²) in [5.41, 5.74) is 2.97. The molecule has 21 heavy (non-hydrogen) atoms. The van der Waals surface area contributed by atoms with Crippen molar-refractivity contribution in [3.8, 4) is 0 Å². The van der Waals surface area contributed by atoms with E-state index in [1.165, 1.54) is 12.8 Å². The molecule has 0 saturated heterocycles. The van der Waals surface area contributed by atoms with Gasteiger partial charge in [0, 0.05) is 16.1 Å². The molecule has 5 heteroatoms. The standard InChI is InChI=1S/C16H16BrN3O/c17-13-5-1-11(2-6-13)7-16(21)18-9-14-8-15(12-3-4-12)20-10-19-14/h1-2,5-6,8,10,12H,3-4,7,9H2,(H,18,21). The van der Waals surface area contributed by atoms with Gasteiger partial charge in [-0.2, -0.15) is 0 Å². The lowest BCUT2D eigenvalue weighted by Crippen LogP contribution is -2.25. The molecule has 0 spiro atoms. The molecule has 1 aromatic heterocycles. The molecule has 1 aliphatic rings. The van der Waals surface area contributed by atoms with Gasteiger partial charge in [0.25, 0.3) is 0 Å². The molecule has 0 unspecified atom stereocenters. The Balaban J connectivity index is 1.53. The van der Waals surface area contributed by atoms with Crippen LogP contribution in [-0.2, 0) is 17.8 Å². The van der Waals surface area contributed by atoms with E-state index in [4.69, 9.17) is 0 Å². The zero-order chi connectivity index (χ0) is 14.7.